The minimum Gasteiger partial charge on any atom is -0.371 e. The highest BCUT2D eigenvalue weighted by Gasteiger charge is 2.16. The Morgan fingerprint density at radius 2 is 1.94 bits per heavy atom. The van der Waals surface area contributed by atoms with Crippen molar-refractivity contribution in [1.82, 2.24) is 0 Å². The van der Waals surface area contributed by atoms with Gasteiger partial charge in [-0.3, -0.25) is 14.9 Å². The summed E-state index contributed by atoms with van der Waals surface area (Å²) in [5.41, 5.74) is 1.11. The van der Waals surface area contributed by atoms with Crippen LogP contribution in [0, 0.1) is 10.1 Å². The minimum absolute atomic E-state index is 0.0499. The van der Waals surface area contributed by atoms with Crippen LogP contribution in [0.2, 0.25) is 0 Å². The van der Waals surface area contributed by atoms with E-state index < -0.39 is 4.92 Å². The minimum atomic E-state index is -0.488. The van der Waals surface area contributed by atoms with Gasteiger partial charge in [0, 0.05) is 36.5 Å². The average molecular weight is 236 g/mol. The molecular weight excluding hydrogens is 220 g/mol. The number of hydrogen-bond donors (Lipinski definition) is 0. The second kappa shape index (κ2) is 5.43. The Kier molecular flexibility index (Phi) is 4.20. The second-order valence-electron chi connectivity index (χ2n) is 3.69. The van der Waals surface area contributed by atoms with E-state index in [9.17, 15) is 14.9 Å². The Bertz CT molecular complexity index is 439. The van der Waals surface area contributed by atoms with E-state index in [4.69, 9.17) is 0 Å². The maximum atomic E-state index is 11.5. The molecule has 17 heavy (non-hydrogen) atoms. The summed E-state index contributed by atoms with van der Waals surface area (Å²) in [5.74, 6) is -0.157. The van der Waals surface area contributed by atoms with Crippen molar-refractivity contribution >= 4 is 17.2 Å². The fourth-order valence-electron chi connectivity index (χ4n) is 1.76. The standard InChI is InChI=1S/C12H16N2O3/c1-4-13(5-2)12-7-6-10(14(16)17)8-11(12)9(3)15/h6-8H,4-5H2,1-3H3. The third-order valence-electron chi connectivity index (χ3n) is 2.67. The molecule has 0 aromatic heterocycles. The number of ketones is 1. The van der Waals surface area contributed by atoms with Crippen molar-refractivity contribution in [3.63, 3.8) is 0 Å². The molecule has 0 amide bonds. The number of nitro groups is 1. The first kappa shape index (κ1) is 13.2. The van der Waals surface area contributed by atoms with Crippen LogP contribution in [-0.2, 0) is 0 Å². The van der Waals surface area contributed by atoms with Gasteiger partial charge in [0.1, 0.15) is 0 Å². The monoisotopic (exact) mass is 236 g/mol. The van der Waals surface area contributed by atoms with E-state index in [1.54, 1.807) is 6.07 Å². The lowest BCUT2D eigenvalue weighted by molar-refractivity contribution is -0.384. The van der Waals surface area contributed by atoms with Crippen LogP contribution in [0.5, 0.6) is 0 Å². The molecule has 1 aromatic rings. The number of non-ortho nitro benzene ring substituents is 1. The van der Waals surface area contributed by atoms with Crippen LogP contribution in [0.3, 0.4) is 0 Å². The molecule has 5 heteroatoms. The molecular formula is C12H16N2O3. The van der Waals surface area contributed by atoms with Crippen molar-refractivity contribution in [2.24, 2.45) is 0 Å². The fraction of sp³-hybridized carbons (Fsp3) is 0.417. The first-order valence-electron chi connectivity index (χ1n) is 5.55. The fourth-order valence-corrected chi connectivity index (χ4v) is 1.76. The summed E-state index contributed by atoms with van der Waals surface area (Å²) < 4.78 is 0. The number of rotatable bonds is 5. The number of anilines is 1. The van der Waals surface area contributed by atoms with Gasteiger partial charge in [0.25, 0.3) is 5.69 Å². The molecule has 1 aromatic carbocycles. The third-order valence-corrected chi connectivity index (χ3v) is 2.67. The molecule has 0 saturated carbocycles. The van der Waals surface area contributed by atoms with Crippen molar-refractivity contribution in [2.75, 3.05) is 18.0 Å². The Morgan fingerprint density at radius 1 is 1.35 bits per heavy atom. The summed E-state index contributed by atoms with van der Waals surface area (Å²) in [4.78, 5) is 23.7. The lowest BCUT2D eigenvalue weighted by Gasteiger charge is -2.23. The van der Waals surface area contributed by atoms with E-state index in [1.165, 1.54) is 19.1 Å². The van der Waals surface area contributed by atoms with Gasteiger partial charge >= 0.3 is 0 Å². The highest BCUT2D eigenvalue weighted by Crippen LogP contribution is 2.25. The van der Waals surface area contributed by atoms with Crippen molar-refractivity contribution in [3.8, 4) is 0 Å². The topological polar surface area (TPSA) is 63.4 Å². The molecule has 5 nitrogen and oxygen atoms in total. The summed E-state index contributed by atoms with van der Waals surface area (Å²) in [6, 6.07) is 4.41. The molecule has 1 rings (SSSR count). The summed E-state index contributed by atoms with van der Waals surface area (Å²) in [5, 5.41) is 10.7. The Morgan fingerprint density at radius 3 is 2.35 bits per heavy atom. The average Bonchev–Trinajstić information content (AvgIpc) is 2.30. The van der Waals surface area contributed by atoms with Gasteiger partial charge in [-0.25, -0.2) is 0 Å². The van der Waals surface area contributed by atoms with Crippen LogP contribution >= 0.6 is 0 Å². The number of benzene rings is 1. The third kappa shape index (κ3) is 2.81. The first-order chi connectivity index (χ1) is 8.01. The lowest BCUT2D eigenvalue weighted by atomic mass is 10.1. The molecule has 0 saturated heterocycles. The van der Waals surface area contributed by atoms with Gasteiger partial charge in [-0.15, -0.1) is 0 Å². The zero-order chi connectivity index (χ0) is 13.0. The largest absolute Gasteiger partial charge is 0.371 e. The number of carbonyl (C=O) groups excluding carboxylic acids is 1. The zero-order valence-corrected chi connectivity index (χ0v) is 10.3. The van der Waals surface area contributed by atoms with Gasteiger partial charge in [-0.05, 0) is 26.8 Å². The zero-order valence-electron chi connectivity index (χ0n) is 10.3. The summed E-state index contributed by atoms with van der Waals surface area (Å²) in [7, 11) is 0. The highest BCUT2D eigenvalue weighted by molar-refractivity contribution is 6.00. The molecule has 0 aliphatic rings. The SMILES string of the molecule is CCN(CC)c1ccc([N+](=O)[O-])cc1C(C)=O. The van der Waals surface area contributed by atoms with Gasteiger partial charge < -0.3 is 4.90 Å². The second-order valence-corrected chi connectivity index (χ2v) is 3.69. The van der Waals surface area contributed by atoms with Crippen molar-refractivity contribution in [3.05, 3.63) is 33.9 Å². The smallest absolute Gasteiger partial charge is 0.270 e. The van der Waals surface area contributed by atoms with Crippen molar-refractivity contribution in [2.45, 2.75) is 20.8 Å². The molecule has 0 fully saturated rings. The number of carbonyl (C=O) groups is 1. The molecule has 0 N–H and O–H groups in total. The predicted octanol–water partition coefficient (Wildman–Crippen LogP) is 2.64. The number of Topliss-reactive ketones (excluding diaryl/α,β-unsaturated/α-hetero) is 1. The van der Waals surface area contributed by atoms with Crippen molar-refractivity contribution < 1.29 is 9.72 Å². The van der Waals surface area contributed by atoms with Crippen LogP contribution in [0.25, 0.3) is 0 Å². The van der Waals surface area contributed by atoms with E-state index in [0.29, 0.717) is 5.56 Å². The van der Waals surface area contributed by atoms with Gasteiger partial charge in [0.2, 0.25) is 0 Å². The number of hydrogen-bond acceptors (Lipinski definition) is 4. The van der Waals surface area contributed by atoms with E-state index in [-0.39, 0.29) is 11.5 Å². The normalized spacial score (nSPS) is 10.1. The first-order valence-corrected chi connectivity index (χ1v) is 5.55. The summed E-state index contributed by atoms with van der Waals surface area (Å²) in [6.07, 6.45) is 0. The summed E-state index contributed by atoms with van der Waals surface area (Å²) >= 11 is 0. The highest BCUT2D eigenvalue weighted by atomic mass is 16.6. The molecule has 0 aliphatic heterocycles. The van der Waals surface area contributed by atoms with Crippen LogP contribution in [0.1, 0.15) is 31.1 Å². The van der Waals surface area contributed by atoms with Gasteiger partial charge in [-0.1, -0.05) is 0 Å². The maximum Gasteiger partial charge on any atom is 0.270 e. The van der Waals surface area contributed by atoms with Crippen LogP contribution < -0.4 is 4.90 Å². The van der Waals surface area contributed by atoms with E-state index in [2.05, 4.69) is 0 Å². The van der Waals surface area contributed by atoms with Crippen LogP contribution in [0.4, 0.5) is 11.4 Å². The molecule has 0 heterocycles. The lowest BCUT2D eigenvalue weighted by Crippen LogP contribution is -2.23. The molecule has 0 unspecified atom stereocenters. The quantitative estimate of drug-likeness (QED) is 0.448. The van der Waals surface area contributed by atoms with Crippen molar-refractivity contribution in [1.29, 1.82) is 0 Å². The number of nitro benzene ring substituents is 1. The van der Waals surface area contributed by atoms with Crippen LogP contribution in [0.15, 0.2) is 18.2 Å². The molecule has 0 radical (unpaired) electrons. The summed E-state index contributed by atoms with van der Waals surface area (Å²) in [6.45, 7) is 6.90. The van der Waals surface area contributed by atoms with Crippen LogP contribution in [-0.4, -0.2) is 23.8 Å². The molecule has 92 valence electrons. The van der Waals surface area contributed by atoms with E-state index in [0.717, 1.165) is 18.8 Å². The molecule has 0 aliphatic carbocycles. The Labute approximate surface area is 100 Å². The van der Waals surface area contributed by atoms with Gasteiger partial charge in [-0.2, -0.15) is 0 Å². The van der Waals surface area contributed by atoms with Gasteiger partial charge in [0.05, 0.1) is 4.92 Å². The van der Waals surface area contributed by atoms with Gasteiger partial charge in [0.15, 0.2) is 5.78 Å². The van der Waals surface area contributed by atoms with E-state index >= 15 is 0 Å². The molecule has 0 atom stereocenters. The number of nitrogens with zero attached hydrogens (tertiary/aromatic N) is 2. The maximum absolute atomic E-state index is 11.5. The predicted molar refractivity (Wildman–Crippen MR) is 66.7 cm³/mol. The molecule has 0 spiro atoms. The Hall–Kier alpha value is -1.91. The Balaban J connectivity index is 3.31. The molecule has 0 bridgehead atoms. The van der Waals surface area contributed by atoms with E-state index in [1.807, 2.05) is 18.7 Å².